The largest absolute Gasteiger partial charge is 0.397 e. The molecule has 0 spiro atoms. The minimum Gasteiger partial charge on any atom is -0.397 e. The van der Waals surface area contributed by atoms with Crippen LogP contribution >= 0.6 is 23.4 Å². The van der Waals surface area contributed by atoms with Crippen molar-refractivity contribution in [2.45, 2.75) is 0 Å². The number of nitrogens with two attached hydrogens (primary N) is 1. The van der Waals surface area contributed by atoms with Crippen LogP contribution in [0.3, 0.4) is 0 Å². The Hall–Kier alpha value is -0.920. The first kappa shape index (κ1) is 16.1. The van der Waals surface area contributed by atoms with Crippen molar-refractivity contribution in [1.82, 2.24) is 0 Å². The van der Waals surface area contributed by atoms with Crippen molar-refractivity contribution in [1.29, 1.82) is 0 Å². The Balaban J connectivity index is 2.39. The van der Waals surface area contributed by atoms with E-state index in [9.17, 15) is 13.2 Å². The van der Waals surface area contributed by atoms with Gasteiger partial charge in [-0.1, -0.05) is 11.6 Å². The van der Waals surface area contributed by atoms with Crippen LogP contribution in [0.5, 0.6) is 0 Å². The molecule has 1 amide bonds. The van der Waals surface area contributed by atoms with Crippen molar-refractivity contribution in [3.63, 3.8) is 0 Å². The molecular formula is C11H15ClN2O3S2. The molecule has 0 saturated heterocycles. The minimum absolute atomic E-state index is 0.0635. The lowest BCUT2D eigenvalue weighted by Gasteiger charge is -2.08. The SMILES string of the molecule is CS(=O)(=O)CCSCC(=O)Nc1ccc(Cl)cc1N. The third kappa shape index (κ3) is 6.70. The number of nitrogen functional groups attached to an aromatic ring is 1. The topological polar surface area (TPSA) is 89.3 Å². The maximum absolute atomic E-state index is 11.6. The van der Waals surface area contributed by atoms with E-state index in [2.05, 4.69) is 5.32 Å². The van der Waals surface area contributed by atoms with E-state index in [1.165, 1.54) is 18.0 Å². The Bertz CT molecular complexity index is 561. The number of amides is 1. The van der Waals surface area contributed by atoms with E-state index in [-0.39, 0.29) is 17.4 Å². The van der Waals surface area contributed by atoms with E-state index in [1.54, 1.807) is 18.2 Å². The highest BCUT2D eigenvalue weighted by Gasteiger charge is 2.07. The number of carbonyl (C=O) groups excluding carboxylic acids is 1. The summed E-state index contributed by atoms with van der Waals surface area (Å²) in [6.45, 7) is 0. The molecular weight excluding hydrogens is 308 g/mol. The minimum atomic E-state index is -2.98. The molecule has 8 heteroatoms. The number of hydrogen-bond donors (Lipinski definition) is 2. The summed E-state index contributed by atoms with van der Waals surface area (Å²) < 4.78 is 21.8. The van der Waals surface area contributed by atoms with Crippen LogP contribution in [-0.2, 0) is 14.6 Å². The summed E-state index contributed by atoms with van der Waals surface area (Å²) in [5.74, 6) is 0.404. The zero-order valence-corrected chi connectivity index (χ0v) is 12.7. The van der Waals surface area contributed by atoms with Crippen molar-refractivity contribution in [3.05, 3.63) is 23.2 Å². The number of thioether (sulfide) groups is 1. The van der Waals surface area contributed by atoms with Crippen LogP contribution in [0.25, 0.3) is 0 Å². The second-order valence-electron chi connectivity index (χ2n) is 3.96. The lowest BCUT2D eigenvalue weighted by molar-refractivity contribution is -0.113. The molecule has 0 aliphatic carbocycles. The molecule has 0 fully saturated rings. The number of benzene rings is 1. The second-order valence-corrected chi connectivity index (χ2v) is 7.76. The molecule has 1 aromatic carbocycles. The van der Waals surface area contributed by atoms with Crippen molar-refractivity contribution in [3.8, 4) is 0 Å². The van der Waals surface area contributed by atoms with Gasteiger partial charge in [0.15, 0.2) is 0 Å². The first-order valence-electron chi connectivity index (χ1n) is 5.38. The predicted octanol–water partition coefficient (Wildman–Crippen LogP) is 1.64. The van der Waals surface area contributed by atoms with Crippen molar-refractivity contribution < 1.29 is 13.2 Å². The van der Waals surface area contributed by atoms with Crippen LogP contribution in [0.2, 0.25) is 5.02 Å². The number of carbonyl (C=O) groups is 1. The number of nitrogens with one attached hydrogen (secondary N) is 1. The fraction of sp³-hybridized carbons (Fsp3) is 0.364. The molecule has 5 nitrogen and oxygen atoms in total. The number of halogens is 1. The fourth-order valence-corrected chi connectivity index (χ4v) is 3.47. The molecule has 0 bridgehead atoms. The summed E-state index contributed by atoms with van der Waals surface area (Å²) in [6, 6.07) is 4.80. The molecule has 0 aliphatic rings. The summed E-state index contributed by atoms with van der Waals surface area (Å²) >= 11 is 7.00. The van der Waals surface area contributed by atoms with Crippen molar-refractivity contribution in [2.24, 2.45) is 0 Å². The zero-order valence-electron chi connectivity index (χ0n) is 10.3. The Morgan fingerprint density at radius 3 is 2.74 bits per heavy atom. The molecule has 0 aliphatic heterocycles. The van der Waals surface area contributed by atoms with Crippen LogP contribution in [0.15, 0.2) is 18.2 Å². The van der Waals surface area contributed by atoms with Crippen LogP contribution in [0.1, 0.15) is 0 Å². The van der Waals surface area contributed by atoms with Gasteiger partial charge in [0.2, 0.25) is 5.91 Å². The smallest absolute Gasteiger partial charge is 0.234 e. The van der Waals surface area contributed by atoms with Crippen LogP contribution < -0.4 is 11.1 Å². The molecule has 3 N–H and O–H groups in total. The molecule has 106 valence electrons. The van der Waals surface area contributed by atoms with E-state index >= 15 is 0 Å². The Labute approximate surface area is 121 Å². The lowest BCUT2D eigenvalue weighted by atomic mass is 10.2. The molecule has 19 heavy (non-hydrogen) atoms. The summed E-state index contributed by atoms with van der Waals surface area (Å²) in [7, 11) is -2.98. The number of sulfone groups is 1. The van der Waals surface area contributed by atoms with Crippen LogP contribution in [-0.4, -0.2) is 37.8 Å². The first-order valence-corrected chi connectivity index (χ1v) is 8.97. The van der Waals surface area contributed by atoms with Gasteiger partial charge in [-0.3, -0.25) is 4.79 Å². The lowest BCUT2D eigenvalue weighted by Crippen LogP contribution is -2.16. The van der Waals surface area contributed by atoms with E-state index in [0.717, 1.165) is 0 Å². The second kappa shape index (κ2) is 7.02. The predicted molar refractivity (Wildman–Crippen MR) is 81.5 cm³/mol. The highest BCUT2D eigenvalue weighted by molar-refractivity contribution is 8.01. The third-order valence-electron chi connectivity index (χ3n) is 2.12. The number of anilines is 2. The average Bonchev–Trinajstić information content (AvgIpc) is 2.27. The van der Waals surface area contributed by atoms with Gasteiger partial charge in [-0.25, -0.2) is 8.42 Å². The molecule has 0 aromatic heterocycles. The van der Waals surface area contributed by atoms with Gasteiger partial charge in [0.05, 0.1) is 22.9 Å². The standard InChI is InChI=1S/C11H15ClN2O3S2/c1-19(16,17)5-4-18-7-11(15)14-10-3-2-8(12)6-9(10)13/h2-3,6H,4-5,7,13H2,1H3,(H,14,15). The van der Waals surface area contributed by atoms with E-state index < -0.39 is 9.84 Å². The molecule has 0 saturated carbocycles. The maximum atomic E-state index is 11.6. The van der Waals surface area contributed by atoms with Crippen LogP contribution in [0.4, 0.5) is 11.4 Å². The van der Waals surface area contributed by atoms with Gasteiger partial charge >= 0.3 is 0 Å². The van der Waals surface area contributed by atoms with Gasteiger partial charge in [-0.2, -0.15) is 11.8 Å². The van der Waals surface area contributed by atoms with Gasteiger partial charge in [-0.05, 0) is 18.2 Å². The van der Waals surface area contributed by atoms with E-state index in [4.69, 9.17) is 17.3 Å². The Kier molecular flexibility index (Phi) is 5.96. The van der Waals surface area contributed by atoms with Crippen molar-refractivity contribution >= 4 is 50.5 Å². The zero-order chi connectivity index (χ0) is 14.5. The van der Waals surface area contributed by atoms with Gasteiger partial charge in [-0.15, -0.1) is 0 Å². The average molecular weight is 323 g/mol. The molecule has 0 heterocycles. The molecule has 0 atom stereocenters. The van der Waals surface area contributed by atoms with Gasteiger partial charge in [0.1, 0.15) is 9.84 Å². The fourth-order valence-electron chi connectivity index (χ4n) is 1.21. The maximum Gasteiger partial charge on any atom is 0.234 e. The summed E-state index contributed by atoms with van der Waals surface area (Å²) in [5.41, 5.74) is 6.59. The Morgan fingerprint density at radius 1 is 1.47 bits per heavy atom. The van der Waals surface area contributed by atoms with Gasteiger partial charge in [0.25, 0.3) is 0 Å². The number of hydrogen-bond acceptors (Lipinski definition) is 5. The van der Waals surface area contributed by atoms with Crippen LogP contribution in [0, 0.1) is 0 Å². The molecule has 1 rings (SSSR count). The monoisotopic (exact) mass is 322 g/mol. The highest BCUT2D eigenvalue weighted by atomic mass is 35.5. The van der Waals surface area contributed by atoms with Gasteiger partial charge in [0, 0.05) is 17.0 Å². The number of rotatable bonds is 6. The van der Waals surface area contributed by atoms with Crippen molar-refractivity contribution in [2.75, 3.05) is 34.6 Å². The summed E-state index contributed by atoms with van der Waals surface area (Å²) in [4.78, 5) is 11.6. The Morgan fingerprint density at radius 2 is 2.16 bits per heavy atom. The quantitative estimate of drug-likeness (QED) is 0.614. The summed E-state index contributed by atoms with van der Waals surface area (Å²) in [6.07, 6.45) is 1.17. The third-order valence-corrected chi connectivity index (χ3v) is 4.52. The summed E-state index contributed by atoms with van der Waals surface area (Å²) in [5, 5.41) is 3.14. The molecule has 0 unspecified atom stereocenters. The first-order chi connectivity index (χ1) is 8.78. The highest BCUT2D eigenvalue weighted by Crippen LogP contribution is 2.22. The molecule has 0 radical (unpaired) electrons. The van der Waals surface area contributed by atoms with Gasteiger partial charge < -0.3 is 11.1 Å². The van der Waals surface area contributed by atoms with E-state index in [0.29, 0.717) is 22.2 Å². The van der Waals surface area contributed by atoms with E-state index in [1.807, 2.05) is 0 Å². The molecule has 1 aromatic rings. The normalized spacial score (nSPS) is 11.3.